The van der Waals surface area contributed by atoms with Crippen LogP contribution < -0.4 is 0 Å². The van der Waals surface area contributed by atoms with E-state index in [1.54, 1.807) is 6.92 Å². The second-order valence-electron chi connectivity index (χ2n) is 2.43. The summed E-state index contributed by atoms with van der Waals surface area (Å²) in [5, 5.41) is 0. The van der Waals surface area contributed by atoms with Crippen LogP contribution in [0, 0.1) is 6.92 Å². The van der Waals surface area contributed by atoms with E-state index < -0.39 is 22.2 Å². The van der Waals surface area contributed by atoms with Gasteiger partial charge in [0.1, 0.15) is 0 Å². The Kier molecular flexibility index (Phi) is 3.32. The van der Waals surface area contributed by atoms with Gasteiger partial charge in [-0.3, -0.25) is 0 Å². The van der Waals surface area contributed by atoms with Gasteiger partial charge < -0.3 is 9.11 Å². The smallest absolute Gasteiger partial charge is 0.186 e. The molecule has 0 heterocycles. The summed E-state index contributed by atoms with van der Waals surface area (Å²) in [6.45, 7) is 1.66. The van der Waals surface area contributed by atoms with Gasteiger partial charge in [-0.2, -0.15) is 0 Å². The van der Waals surface area contributed by atoms with Crippen LogP contribution in [-0.2, 0) is 22.2 Å². The molecule has 0 radical (unpaired) electrons. The lowest BCUT2D eigenvalue weighted by atomic mass is 10.2. The number of hydrogen-bond donors (Lipinski definition) is 2. The molecule has 0 spiro atoms. The van der Waals surface area contributed by atoms with Gasteiger partial charge in [0.2, 0.25) is 0 Å². The van der Waals surface area contributed by atoms with E-state index in [1.165, 1.54) is 18.2 Å². The zero-order chi connectivity index (χ0) is 10.0. The van der Waals surface area contributed by atoms with E-state index in [9.17, 15) is 8.42 Å². The van der Waals surface area contributed by atoms with Gasteiger partial charge >= 0.3 is 0 Å². The predicted octanol–water partition coefficient (Wildman–Crippen LogP) is 1.16. The first-order chi connectivity index (χ1) is 6.02. The standard InChI is InChI=1S/C7H8O4S2/c1-5-2-3-6(12(8)9)4-7(5)13(10)11/h2-4H,1H3,(H,8,9)(H,10,11). The minimum atomic E-state index is -2.11. The molecule has 2 atom stereocenters. The van der Waals surface area contributed by atoms with E-state index in [1.807, 2.05) is 0 Å². The van der Waals surface area contributed by atoms with Crippen LogP contribution in [0.15, 0.2) is 28.0 Å². The molecule has 0 bridgehead atoms. The van der Waals surface area contributed by atoms with Crippen molar-refractivity contribution in [3.8, 4) is 0 Å². The Labute approximate surface area is 80.6 Å². The van der Waals surface area contributed by atoms with Gasteiger partial charge in [-0.05, 0) is 24.6 Å². The molecule has 0 aliphatic carbocycles. The summed E-state index contributed by atoms with van der Waals surface area (Å²) >= 11 is -4.22. The summed E-state index contributed by atoms with van der Waals surface area (Å²) in [7, 11) is 0. The van der Waals surface area contributed by atoms with Gasteiger partial charge in [-0.25, -0.2) is 8.42 Å². The maximum absolute atomic E-state index is 10.7. The third-order valence-electron chi connectivity index (χ3n) is 1.55. The highest BCUT2D eigenvalue weighted by Gasteiger charge is 2.08. The van der Waals surface area contributed by atoms with Crippen molar-refractivity contribution in [1.82, 2.24) is 0 Å². The van der Waals surface area contributed by atoms with Crippen LogP contribution in [-0.4, -0.2) is 17.5 Å². The second-order valence-corrected chi connectivity index (χ2v) is 4.33. The van der Waals surface area contributed by atoms with Crippen molar-refractivity contribution in [3.05, 3.63) is 23.8 Å². The molecule has 0 amide bonds. The fourth-order valence-corrected chi connectivity index (χ4v) is 1.93. The monoisotopic (exact) mass is 220 g/mol. The van der Waals surface area contributed by atoms with Crippen LogP contribution in [0.2, 0.25) is 0 Å². The Morgan fingerprint density at radius 3 is 2.23 bits per heavy atom. The highest BCUT2D eigenvalue weighted by molar-refractivity contribution is 7.80. The molecule has 4 nitrogen and oxygen atoms in total. The molecule has 1 aromatic carbocycles. The normalized spacial score (nSPS) is 15.3. The van der Waals surface area contributed by atoms with Crippen molar-refractivity contribution in [2.75, 3.05) is 0 Å². The number of hydrogen-bond acceptors (Lipinski definition) is 2. The summed E-state index contributed by atoms with van der Waals surface area (Å²) in [6.07, 6.45) is 0. The predicted molar refractivity (Wildman–Crippen MR) is 49.3 cm³/mol. The van der Waals surface area contributed by atoms with Crippen molar-refractivity contribution in [2.45, 2.75) is 16.7 Å². The van der Waals surface area contributed by atoms with Crippen molar-refractivity contribution in [2.24, 2.45) is 0 Å². The SMILES string of the molecule is Cc1ccc(S(=O)O)cc1S(=O)O. The zero-order valence-corrected chi connectivity index (χ0v) is 8.39. The minimum Gasteiger partial charge on any atom is -0.302 e. The molecule has 0 aliphatic heterocycles. The molecule has 0 aliphatic rings. The first-order valence-corrected chi connectivity index (χ1v) is 5.56. The van der Waals surface area contributed by atoms with Gasteiger partial charge in [-0.1, -0.05) is 6.07 Å². The van der Waals surface area contributed by atoms with Gasteiger partial charge in [0.15, 0.2) is 22.2 Å². The van der Waals surface area contributed by atoms with Gasteiger partial charge in [0.05, 0.1) is 9.79 Å². The van der Waals surface area contributed by atoms with Crippen molar-refractivity contribution >= 4 is 22.2 Å². The van der Waals surface area contributed by atoms with Crippen LogP contribution >= 0.6 is 0 Å². The lowest BCUT2D eigenvalue weighted by Gasteiger charge is -2.01. The van der Waals surface area contributed by atoms with E-state index in [-0.39, 0.29) is 9.79 Å². The van der Waals surface area contributed by atoms with Crippen LogP contribution in [0.4, 0.5) is 0 Å². The number of rotatable bonds is 2. The maximum atomic E-state index is 10.7. The summed E-state index contributed by atoms with van der Waals surface area (Å²) < 4.78 is 38.9. The fourth-order valence-electron chi connectivity index (χ4n) is 0.877. The summed E-state index contributed by atoms with van der Waals surface area (Å²) in [5.41, 5.74) is 0.620. The van der Waals surface area contributed by atoms with E-state index in [0.717, 1.165) is 0 Å². The highest BCUT2D eigenvalue weighted by Crippen LogP contribution is 2.15. The highest BCUT2D eigenvalue weighted by atomic mass is 32.2. The largest absolute Gasteiger partial charge is 0.302 e. The van der Waals surface area contributed by atoms with Gasteiger partial charge in [0.25, 0.3) is 0 Å². The molecule has 6 heteroatoms. The maximum Gasteiger partial charge on any atom is 0.186 e. The van der Waals surface area contributed by atoms with Crippen LogP contribution in [0.3, 0.4) is 0 Å². The Hall–Kier alpha value is -0.560. The minimum absolute atomic E-state index is 0.128. The van der Waals surface area contributed by atoms with E-state index in [4.69, 9.17) is 9.11 Å². The molecular formula is C7H8O4S2. The number of benzene rings is 1. The summed E-state index contributed by atoms with van der Waals surface area (Å²) in [5.74, 6) is 0. The van der Waals surface area contributed by atoms with Gasteiger partial charge in [-0.15, -0.1) is 0 Å². The van der Waals surface area contributed by atoms with Crippen molar-refractivity contribution in [3.63, 3.8) is 0 Å². The molecule has 72 valence electrons. The fraction of sp³-hybridized carbons (Fsp3) is 0.143. The third kappa shape index (κ3) is 2.44. The zero-order valence-electron chi connectivity index (χ0n) is 6.76. The average Bonchev–Trinajstić information content (AvgIpc) is 2.04. The Morgan fingerprint density at radius 2 is 1.77 bits per heavy atom. The molecular weight excluding hydrogens is 212 g/mol. The Morgan fingerprint density at radius 1 is 1.15 bits per heavy atom. The number of aryl methyl sites for hydroxylation is 1. The molecule has 1 rings (SSSR count). The molecule has 0 aromatic heterocycles. The first-order valence-electron chi connectivity index (χ1n) is 3.34. The molecule has 1 aromatic rings. The van der Waals surface area contributed by atoms with Crippen LogP contribution in [0.1, 0.15) is 5.56 Å². The third-order valence-corrected chi connectivity index (χ3v) is 3.02. The lowest BCUT2D eigenvalue weighted by molar-refractivity contribution is 0.561. The van der Waals surface area contributed by atoms with Crippen LogP contribution in [0.25, 0.3) is 0 Å². The lowest BCUT2D eigenvalue weighted by Crippen LogP contribution is -1.96. The topological polar surface area (TPSA) is 74.6 Å². The molecule has 0 fully saturated rings. The Bertz CT molecular complexity index is 375. The average molecular weight is 220 g/mol. The van der Waals surface area contributed by atoms with Crippen molar-refractivity contribution in [1.29, 1.82) is 0 Å². The van der Waals surface area contributed by atoms with Crippen LogP contribution in [0.5, 0.6) is 0 Å². The van der Waals surface area contributed by atoms with E-state index in [2.05, 4.69) is 0 Å². The molecule has 2 unspecified atom stereocenters. The van der Waals surface area contributed by atoms with Crippen molar-refractivity contribution < 1.29 is 17.5 Å². The second kappa shape index (κ2) is 4.10. The first kappa shape index (κ1) is 10.5. The van der Waals surface area contributed by atoms with Gasteiger partial charge in [0, 0.05) is 0 Å². The summed E-state index contributed by atoms with van der Waals surface area (Å²) in [4.78, 5) is 0.294. The quantitative estimate of drug-likeness (QED) is 0.733. The summed E-state index contributed by atoms with van der Waals surface area (Å²) in [6, 6.07) is 4.23. The molecule has 13 heavy (non-hydrogen) atoms. The van der Waals surface area contributed by atoms with E-state index >= 15 is 0 Å². The molecule has 0 saturated carbocycles. The van der Waals surface area contributed by atoms with E-state index in [0.29, 0.717) is 5.56 Å². The Balaban J connectivity index is 3.27. The molecule has 0 saturated heterocycles. The molecule has 2 N–H and O–H groups in total.